The summed E-state index contributed by atoms with van der Waals surface area (Å²) in [6.45, 7) is 6.52. The van der Waals surface area contributed by atoms with Crippen molar-refractivity contribution in [1.82, 2.24) is 25.0 Å². The summed E-state index contributed by atoms with van der Waals surface area (Å²) in [4.78, 5) is 23.7. The van der Waals surface area contributed by atoms with Crippen LogP contribution in [0.2, 0.25) is 0 Å². The molecule has 0 radical (unpaired) electrons. The molecule has 3 fully saturated rings. The first-order valence-electron chi connectivity index (χ1n) is 13.6. The number of anilines is 1. The molecule has 2 aromatic carbocycles. The summed E-state index contributed by atoms with van der Waals surface area (Å²) >= 11 is 0. The molecule has 0 bridgehead atoms. The van der Waals surface area contributed by atoms with Crippen LogP contribution in [-0.4, -0.2) is 58.8 Å². The van der Waals surface area contributed by atoms with Crippen molar-refractivity contribution in [2.24, 2.45) is 18.9 Å². The Bertz CT molecular complexity index is 1540. The van der Waals surface area contributed by atoms with Gasteiger partial charge in [0.25, 0.3) is 5.91 Å². The number of aryl methyl sites for hydroxylation is 2. The first kappa shape index (κ1) is 23.4. The molecule has 7 heteroatoms. The molecule has 7 nitrogen and oxygen atoms in total. The Morgan fingerprint density at radius 2 is 1.76 bits per heavy atom. The lowest BCUT2D eigenvalue weighted by Gasteiger charge is -2.24. The second-order valence-corrected chi connectivity index (χ2v) is 11.7. The van der Waals surface area contributed by atoms with Crippen LogP contribution in [0.4, 0.5) is 5.69 Å². The highest BCUT2D eigenvalue weighted by molar-refractivity contribution is 5.98. The molecule has 2 saturated heterocycles. The van der Waals surface area contributed by atoms with Crippen LogP contribution in [0.25, 0.3) is 22.2 Å². The van der Waals surface area contributed by atoms with Crippen LogP contribution in [0.5, 0.6) is 0 Å². The minimum Gasteiger partial charge on any atom is -0.371 e. The highest BCUT2D eigenvalue weighted by Gasteiger charge is 2.47. The van der Waals surface area contributed by atoms with E-state index in [-0.39, 0.29) is 11.4 Å². The predicted octanol–water partition coefficient (Wildman–Crippen LogP) is 4.36. The van der Waals surface area contributed by atoms with E-state index >= 15 is 0 Å². The zero-order valence-corrected chi connectivity index (χ0v) is 22.3. The van der Waals surface area contributed by atoms with Crippen LogP contribution < -0.4 is 10.2 Å². The maximum atomic E-state index is 13.8. The molecular weight excluding hydrogens is 472 g/mol. The second-order valence-electron chi connectivity index (χ2n) is 11.7. The van der Waals surface area contributed by atoms with E-state index < -0.39 is 0 Å². The van der Waals surface area contributed by atoms with Gasteiger partial charge < -0.3 is 15.1 Å². The molecule has 1 amide bonds. The third kappa shape index (κ3) is 3.97. The van der Waals surface area contributed by atoms with Gasteiger partial charge in [-0.05, 0) is 74.0 Å². The normalized spacial score (nSPS) is 22.1. The topological polar surface area (TPSA) is 66.3 Å². The van der Waals surface area contributed by atoms with Gasteiger partial charge in [-0.3, -0.25) is 9.48 Å². The van der Waals surface area contributed by atoms with Crippen molar-refractivity contribution < 1.29 is 4.79 Å². The highest BCUT2D eigenvalue weighted by Crippen LogP contribution is 2.49. The van der Waals surface area contributed by atoms with Crippen molar-refractivity contribution in [1.29, 1.82) is 0 Å². The molecular formula is C31H34N6O. The predicted molar refractivity (Wildman–Crippen MR) is 150 cm³/mol. The van der Waals surface area contributed by atoms with Crippen molar-refractivity contribution in [2.45, 2.75) is 25.3 Å². The first-order valence-corrected chi connectivity index (χ1v) is 13.6. The monoisotopic (exact) mass is 506 g/mol. The van der Waals surface area contributed by atoms with Crippen LogP contribution in [0.1, 0.15) is 34.3 Å². The summed E-state index contributed by atoms with van der Waals surface area (Å²) in [6.07, 6.45) is 5.67. The smallest absolute Gasteiger partial charge is 0.252 e. The Balaban J connectivity index is 1.20. The number of likely N-dealkylation sites (tertiary alicyclic amines) is 1. The summed E-state index contributed by atoms with van der Waals surface area (Å²) in [7, 11) is 4.13. The molecule has 2 unspecified atom stereocenters. The number of hydrogen-bond acceptors (Lipinski definition) is 5. The average Bonchev–Trinajstić information content (AvgIpc) is 3.17. The number of fused-ring (bicyclic) bond motifs is 2. The van der Waals surface area contributed by atoms with Crippen molar-refractivity contribution >= 4 is 22.5 Å². The minimum absolute atomic E-state index is 0.00444. The van der Waals surface area contributed by atoms with Crippen molar-refractivity contribution in [2.75, 3.05) is 38.1 Å². The van der Waals surface area contributed by atoms with Gasteiger partial charge in [-0.25, -0.2) is 4.98 Å². The molecule has 3 aliphatic rings. The minimum atomic E-state index is -0.381. The number of rotatable bonds is 5. The fourth-order valence-corrected chi connectivity index (χ4v) is 6.63. The van der Waals surface area contributed by atoms with Crippen LogP contribution in [-0.2, 0) is 12.6 Å². The number of nitrogens with one attached hydrogen (secondary N) is 1. The lowest BCUT2D eigenvalue weighted by molar-refractivity contribution is 0.0930. The highest BCUT2D eigenvalue weighted by atomic mass is 16.1. The molecule has 4 heterocycles. The van der Waals surface area contributed by atoms with E-state index in [9.17, 15) is 4.79 Å². The molecule has 2 atom stereocenters. The van der Waals surface area contributed by atoms with E-state index in [4.69, 9.17) is 4.98 Å². The molecule has 7 rings (SSSR count). The lowest BCUT2D eigenvalue weighted by Crippen LogP contribution is -2.35. The van der Waals surface area contributed by atoms with E-state index in [1.54, 1.807) is 4.68 Å². The van der Waals surface area contributed by atoms with E-state index in [2.05, 4.69) is 57.6 Å². The largest absolute Gasteiger partial charge is 0.371 e. The zero-order valence-electron chi connectivity index (χ0n) is 22.3. The summed E-state index contributed by atoms with van der Waals surface area (Å²) in [5, 5.41) is 8.90. The number of hydrogen-bond donors (Lipinski definition) is 1. The van der Waals surface area contributed by atoms with Gasteiger partial charge in [0.1, 0.15) is 0 Å². The van der Waals surface area contributed by atoms with E-state index in [1.165, 1.54) is 13.1 Å². The van der Waals surface area contributed by atoms with Crippen LogP contribution in [0.3, 0.4) is 0 Å². The van der Waals surface area contributed by atoms with Crippen molar-refractivity contribution in [3.8, 4) is 11.3 Å². The van der Waals surface area contributed by atoms with Gasteiger partial charge in [-0.1, -0.05) is 24.3 Å². The quantitative estimate of drug-likeness (QED) is 0.436. The Labute approximate surface area is 223 Å². The summed E-state index contributed by atoms with van der Waals surface area (Å²) in [5.74, 6) is 1.45. The van der Waals surface area contributed by atoms with Gasteiger partial charge in [0.15, 0.2) is 0 Å². The maximum absolute atomic E-state index is 13.8. The van der Waals surface area contributed by atoms with Gasteiger partial charge in [0.2, 0.25) is 0 Å². The Morgan fingerprint density at radius 3 is 2.47 bits per heavy atom. The van der Waals surface area contributed by atoms with Gasteiger partial charge in [-0.15, -0.1) is 0 Å². The number of aromatic nitrogens is 3. The molecule has 1 N–H and O–H groups in total. The molecule has 2 aliphatic heterocycles. The molecule has 1 aliphatic carbocycles. The fourth-order valence-electron chi connectivity index (χ4n) is 6.63. The zero-order chi connectivity index (χ0) is 26.0. The van der Waals surface area contributed by atoms with E-state index in [0.29, 0.717) is 0 Å². The van der Waals surface area contributed by atoms with Crippen LogP contribution in [0.15, 0.2) is 60.9 Å². The van der Waals surface area contributed by atoms with E-state index in [0.717, 1.165) is 82.3 Å². The van der Waals surface area contributed by atoms with Crippen LogP contribution in [0, 0.1) is 18.8 Å². The SMILES string of the molecule is Cc1ccc(N2CC3CN(C)CC3C2)cc1C(=O)NC1(c2cc(-c3cnn(C)c3)nc3ccccc23)CC1. The average molecular weight is 507 g/mol. The van der Waals surface area contributed by atoms with Gasteiger partial charge in [-0.2, -0.15) is 5.10 Å². The maximum Gasteiger partial charge on any atom is 0.252 e. The molecule has 0 spiro atoms. The summed E-state index contributed by atoms with van der Waals surface area (Å²) in [5.41, 5.74) is 6.51. The molecule has 2 aromatic heterocycles. The van der Waals surface area contributed by atoms with Gasteiger partial charge in [0, 0.05) is 61.6 Å². The van der Waals surface area contributed by atoms with Gasteiger partial charge in [0.05, 0.1) is 22.9 Å². The number of para-hydroxylation sites is 1. The number of carbonyl (C=O) groups excluding carboxylic acids is 1. The second kappa shape index (κ2) is 8.67. The van der Waals surface area contributed by atoms with Crippen molar-refractivity contribution in [3.63, 3.8) is 0 Å². The molecule has 38 heavy (non-hydrogen) atoms. The number of carbonyl (C=O) groups is 1. The number of amides is 1. The fraction of sp³-hybridized carbons (Fsp3) is 0.387. The standard InChI is InChI=1S/C31H34N6O/c1-20-8-9-24(37-18-22-15-35(2)16-23(22)19-37)12-26(20)30(38)34-31(10-11-31)27-13-29(21-14-32-36(3)17-21)33-28-7-5-4-6-25(27)28/h4-9,12-14,17,22-23H,10-11,15-16,18-19H2,1-3H3,(H,34,38). The van der Waals surface area contributed by atoms with Crippen molar-refractivity contribution in [3.05, 3.63) is 77.6 Å². The third-order valence-electron chi connectivity index (χ3n) is 8.83. The first-order chi connectivity index (χ1) is 18.4. The Hall–Kier alpha value is -3.71. The number of nitrogens with zero attached hydrogens (tertiary/aromatic N) is 5. The van der Waals surface area contributed by atoms with E-state index in [1.807, 2.05) is 44.6 Å². The lowest BCUT2D eigenvalue weighted by atomic mass is 9.96. The Kier molecular flexibility index (Phi) is 5.34. The molecule has 1 saturated carbocycles. The molecule has 194 valence electrons. The summed E-state index contributed by atoms with van der Waals surface area (Å²) < 4.78 is 1.79. The number of benzene rings is 2. The summed E-state index contributed by atoms with van der Waals surface area (Å²) in [6, 6.07) is 16.8. The Morgan fingerprint density at radius 1 is 1.00 bits per heavy atom. The third-order valence-corrected chi connectivity index (χ3v) is 8.83. The number of pyridine rings is 1. The molecule has 4 aromatic rings. The van der Waals surface area contributed by atoms with Crippen LogP contribution >= 0.6 is 0 Å². The van der Waals surface area contributed by atoms with Gasteiger partial charge >= 0.3 is 0 Å².